The number of nitro groups is 1. The molecule has 1 aromatic heterocycles. The van der Waals surface area contributed by atoms with Crippen molar-refractivity contribution in [1.82, 2.24) is 15.4 Å². The zero-order valence-electron chi connectivity index (χ0n) is 7.47. The number of carbonyl (C=O) groups is 1. The number of benzene rings is 1. The predicted molar refractivity (Wildman–Crippen MR) is 47.5 cm³/mol. The third kappa shape index (κ3) is 1.94. The maximum absolute atomic E-state index is 10.7. The molecule has 0 saturated carbocycles. The minimum atomic E-state index is -1.37. The first-order chi connectivity index (χ1) is 7.09. The predicted octanol–water partition coefficient (Wildman–Crippen LogP) is 0.562. The van der Waals surface area contributed by atoms with Gasteiger partial charge in [-0.15, -0.1) is 5.10 Å². The summed E-state index contributed by atoms with van der Waals surface area (Å²) in [6.45, 7) is 0. The van der Waals surface area contributed by atoms with E-state index >= 15 is 0 Å². The summed E-state index contributed by atoms with van der Waals surface area (Å²) in [5.41, 5.74) is -0.285. The van der Waals surface area contributed by atoms with Crippen LogP contribution in [0.1, 0.15) is 10.4 Å². The summed E-state index contributed by atoms with van der Waals surface area (Å²) in [5.74, 6) is -1.37. The Kier molecular flexibility index (Phi) is 3.38. The number of aromatic carboxylic acids is 1. The number of hydrogen-bond donors (Lipinski definition) is 2. The molecule has 2 rings (SSSR count). The van der Waals surface area contributed by atoms with Gasteiger partial charge in [-0.3, -0.25) is 15.2 Å². The molecule has 0 aliphatic rings. The third-order valence-electron chi connectivity index (χ3n) is 1.87. The molecule has 0 saturated heterocycles. The Balaban J connectivity index is 0.00000128. The fourth-order valence-electron chi connectivity index (χ4n) is 1.20. The van der Waals surface area contributed by atoms with Crippen LogP contribution in [-0.2, 0) is 22.4 Å². The van der Waals surface area contributed by atoms with Crippen LogP contribution in [-0.4, -0.2) is 31.4 Å². The molecule has 0 aliphatic heterocycles. The van der Waals surface area contributed by atoms with Crippen LogP contribution in [0.15, 0.2) is 12.1 Å². The Morgan fingerprint density at radius 3 is 2.75 bits per heavy atom. The summed E-state index contributed by atoms with van der Waals surface area (Å²) in [7, 11) is 0. The summed E-state index contributed by atoms with van der Waals surface area (Å²) in [5, 5.41) is 28.7. The van der Waals surface area contributed by atoms with Crippen LogP contribution in [0.5, 0.6) is 0 Å². The van der Waals surface area contributed by atoms with Gasteiger partial charge in [0.05, 0.1) is 10.4 Å². The fraction of sp³-hybridized carbons (Fsp3) is 0. The second kappa shape index (κ2) is 4.39. The van der Waals surface area contributed by atoms with E-state index in [4.69, 9.17) is 5.11 Å². The molecule has 0 atom stereocenters. The maximum Gasteiger partial charge on any atom is 0.342 e. The van der Waals surface area contributed by atoms with Crippen molar-refractivity contribution >= 4 is 22.7 Å². The standard InChI is InChI=1S/C7H4N4O4.Ag/c12-7(13)3-1-4-5(9-10-8-4)2-6(3)11(14)15;/h1-2H,(H,12,13)(H,8,9,10);. The van der Waals surface area contributed by atoms with Gasteiger partial charge >= 0.3 is 5.97 Å². The fourth-order valence-corrected chi connectivity index (χ4v) is 1.20. The minimum Gasteiger partial charge on any atom is -0.477 e. The van der Waals surface area contributed by atoms with Gasteiger partial charge in [0, 0.05) is 28.4 Å². The van der Waals surface area contributed by atoms with Crippen LogP contribution < -0.4 is 0 Å². The average molecular weight is 316 g/mol. The number of hydrogen-bond acceptors (Lipinski definition) is 5. The van der Waals surface area contributed by atoms with E-state index in [2.05, 4.69) is 15.4 Å². The van der Waals surface area contributed by atoms with Crippen molar-refractivity contribution in [1.29, 1.82) is 0 Å². The van der Waals surface area contributed by atoms with E-state index in [1.54, 1.807) is 0 Å². The van der Waals surface area contributed by atoms with E-state index in [1.165, 1.54) is 0 Å². The Bertz CT molecular complexity index is 519. The SMILES string of the molecule is O=C(O)c1cc2nn[nH]c2cc1[N+](=O)[O-].[Ag]. The van der Waals surface area contributed by atoms with Gasteiger partial charge < -0.3 is 5.11 Å². The molecule has 0 spiro atoms. The molecular weight excluding hydrogens is 312 g/mol. The van der Waals surface area contributed by atoms with E-state index in [1.807, 2.05) is 0 Å². The largest absolute Gasteiger partial charge is 0.477 e. The quantitative estimate of drug-likeness (QED) is 0.474. The van der Waals surface area contributed by atoms with Crippen LogP contribution in [0.3, 0.4) is 0 Å². The van der Waals surface area contributed by atoms with E-state index in [9.17, 15) is 14.9 Å². The number of fused-ring (bicyclic) bond motifs is 1. The number of aromatic amines is 1. The van der Waals surface area contributed by atoms with E-state index in [-0.39, 0.29) is 27.9 Å². The number of carboxylic acid groups (broad SMARTS) is 1. The minimum absolute atomic E-state index is 0. The zero-order chi connectivity index (χ0) is 11.0. The van der Waals surface area contributed by atoms with Gasteiger partial charge in [0.2, 0.25) is 0 Å². The molecule has 0 fully saturated rings. The summed E-state index contributed by atoms with van der Waals surface area (Å²) >= 11 is 0. The number of H-pyrrole nitrogens is 1. The summed E-state index contributed by atoms with van der Waals surface area (Å²) in [6.07, 6.45) is 0. The van der Waals surface area contributed by atoms with Gasteiger partial charge in [0.1, 0.15) is 11.1 Å². The molecular formula is C7H4AgN4O4. The first kappa shape index (κ1) is 12.3. The van der Waals surface area contributed by atoms with Gasteiger partial charge in [-0.25, -0.2) is 4.79 Å². The van der Waals surface area contributed by atoms with Crippen LogP contribution in [0, 0.1) is 10.1 Å². The number of aromatic nitrogens is 3. The summed E-state index contributed by atoms with van der Waals surface area (Å²) < 4.78 is 0. The van der Waals surface area contributed by atoms with Crippen molar-refractivity contribution in [2.24, 2.45) is 0 Å². The molecule has 0 bridgehead atoms. The number of rotatable bonds is 2. The molecule has 1 radical (unpaired) electrons. The Labute approximate surface area is 103 Å². The zero-order valence-corrected chi connectivity index (χ0v) is 8.95. The molecule has 87 valence electrons. The Hall–Kier alpha value is -1.77. The van der Waals surface area contributed by atoms with Crippen molar-refractivity contribution in [3.63, 3.8) is 0 Å². The van der Waals surface area contributed by atoms with Gasteiger partial charge in [-0.05, 0) is 6.07 Å². The molecule has 8 nitrogen and oxygen atoms in total. The number of nitrogens with one attached hydrogen (secondary N) is 1. The summed E-state index contributed by atoms with van der Waals surface area (Å²) in [6, 6.07) is 2.21. The van der Waals surface area contributed by atoms with E-state index in [0.717, 1.165) is 12.1 Å². The molecule has 9 heteroatoms. The molecule has 2 N–H and O–H groups in total. The van der Waals surface area contributed by atoms with Crippen molar-refractivity contribution in [3.05, 3.63) is 27.8 Å². The second-order valence-corrected chi connectivity index (χ2v) is 2.76. The number of carboxylic acids is 1. The molecule has 1 aromatic carbocycles. The molecule has 16 heavy (non-hydrogen) atoms. The molecule has 0 amide bonds. The Morgan fingerprint density at radius 2 is 2.19 bits per heavy atom. The smallest absolute Gasteiger partial charge is 0.342 e. The Morgan fingerprint density at radius 1 is 1.50 bits per heavy atom. The first-order valence-corrected chi connectivity index (χ1v) is 3.82. The van der Waals surface area contributed by atoms with Gasteiger partial charge in [-0.2, -0.15) is 0 Å². The van der Waals surface area contributed by atoms with Crippen molar-refractivity contribution in [2.75, 3.05) is 0 Å². The molecule has 0 aliphatic carbocycles. The topological polar surface area (TPSA) is 122 Å². The molecule has 1 heterocycles. The normalized spacial score (nSPS) is 9.75. The van der Waals surface area contributed by atoms with Crippen molar-refractivity contribution in [3.8, 4) is 0 Å². The third-order valence-corrected chi connectivity index (χ3v) is 1.87. The van der Waals surface area contributed by atoms with Gasteiger partial charge in [0.25, 0.3) is 5.69 Å². The number of nitro benzene ring substituents is 1. The van der Waals surface area contributed by atoms with Crippen molar-refractivity contribution in [2.45, 2.75) is 0 Å². The molecule has 2 aromatic rings. The van der Waals surface area contributed by atoms with Crippen LogP contribution in [0.4, 0.5) is 5.69 Å². The summed E-state index contributed by atoms with van der Waals surface area (Å²) in [4.78, 5) is 20.5. The monoisotopic (exact) mass is 315 g/mol. The van der Waals surface area contributed by atoms with E-state index < -0.39 is 22.1 Å². The average Bonchev–Trinajstić information content (AvgIpc) is 2.61. The van der Waals surface area contributed by atoms with Crippen LogP contribution in [0.2, 0.25) is 0 Å². The van der Waals surface area contributed by atoms with Gasteiger partial charge in [0.15, 0.2) is 0 Å². The first-order valence-electron chi connectivity index (χ1n) is 3.82. The second-order valence-electron chi connectivity index (χ2n) is 2.76. The maximum atomic E-state index is 10.7. The van der Waals surface area contributed by atoms with Crippen molar-refractivity contribution < 1.29 is 37.2 Å². The molecule has 0 unspecified atom stereocenters. The number of nitrogens with zero attached hydrogens (tertiary/aromatic N) is 3. The van der Waals surface area contributed by atoms with E-state index in [0.29, 0.717) is 5.52 Å². The van der Waals surface area contributed by atoms with Crippen LogP contribution >= 0.6 is 0 Å². The van der Waals surface area contributed by atoms with Crippen LogP contribution in [0.25, 0.3) is 11.0 Å². The van der Waals surface area contributed by atoms with Gasteiger partial charge in [-0.1, -0.05) is 5.21 Å².